The van der Waals surface area contributed by atoms with Gasteiger partial charge >= 0.3 is 0 Å². The molecule has 2 saturated heterocycles. The van der Waals surface area contributed by atoms with Crippen LogP contribution >= 0.6 is 0 Å². The zero-order chi connectivity index (χ0) is 13.8. The minimum atomic E-state index is 0.283. The summed E-state index contributed by atoms with van der Waals surface area (Å²) in [5.74, 6) is 0.283. The van der Waals surface area contributed by atoms with Crippen LogP contribution in [0.3, 0.4) is 0 Å². The molecule has 2 atom stereocenters. The highest BCUT2D eigenvalue weighted by Crippen LogP contribution is 2.23. The molecule has 0 spiro atoms. The first-order chi connectivity index (χ1) is 9.83. The summed E-state index contributed by atoms with van der Waals surface area (Å²) in [5.41, 5.74) is 0. The fourth-order valence-electron chi connectivity index (χ4n) is 3.22. The summed E-state index contributed by atoms with van der Waals surface area (Å²) >= 11 is 0. The Morgan fingerprint density at radius 2 is 2.30 bits per heavy atom. The molecule has 5 heteroatoms. The van der Waals surface area contributed by atoms with E-state index >= 15 is 0 Å². The van der Waals surface area contributed by atoms with Crippen molar-refractivity contribution in [3.8, 4) is 0 Å². The number of nitrogens with zero attached hydrogens (tertiary/aromatic N) is 3. The van der Waals surface area contributed by atoms with Gasteiger partial charge in [-0.3, -0.25) is 4.79 Å². The van der Waals surface area contributed by atoms with Gasteiger partial charge in [-0.1, -0.05) is 0 Å². The van der Waals surface area contributed by atoms with E-state index in [4.69, 9.17) is 4.74 Å². The lowest BCUT2D eigenvalue weighted by Gasteiger charge is -2.33. The number of ether oxygens (including phenoxy) is 1. The Kier molecular flexibility index (Phi) is 4.35. The molecule has 1 amide bonds. The number of carbonyl (C=O) groups excluding carboxylic acids is 1. The number of carbonyl (C=O) groups is 1. The third kappa shape index (κ3) is 3.20. The summed E-state index contributed by atoms with van der Waals surface area (Å²) in [7, 11) is 0. The van der Waals surface area contributed by atoms with E-state index in [1.165, 1.54) is 0 Å². The fraction of sp³-hybridized carbons (Fsp3) is 0.733. The summed E-state index contributed by atoms with van der Waals surface area (Å²) in [6.07, 6.45) is 11.9. The van der Waals surface area contributed by atoms with Crippen molar-refractivity contribution in [1.29, 1.82) is 0 Å². The lowest BCUT2D eigenvalue weighted by molar-refractivity contribution is -0.133. The monoisotopic (exact) mass is 277 g/mol. The Labute approximate surface area is 119 Å². The fourth-order valence-corrected chi connectivity index (χ4v) is 3.22. The van der Waals surface area contributed by atoms with Crippen LogP contribution in [0, 0.1) is 0 Å². The predicted molar refractivity (Wildman–Crippen MR) is 75.3 cm³/mol. The molecule has 0 saturated carbocycles. The van der Waals surface area contributed by atoms with Gasteiger partial charge in [-0.15, -0.1) is 0 Å². The first-order valence-corrected chi connectivity index (χ1v) is 7.70. The highest BCUT2D eigenvalue weighted by atomic mass is 16.5. The van der Waals surface area contributed by atoms with Crippen LogP contribution in [0.15, 0.2) is 18.7 Å². The molecule has 3 rings (SSSR count). The maximum absolute atomic E-state index is 12.3. The molecule has 0 aromatic carbocycles. The molecule has 0 radical (unpaired) electrons. The van der Waals surface area contributed by atoms with Gasteiger partial charge in [0.25, 0.3) is 0 Å². The number of amides is 1. The average Bonchev–Trinajstić information content (AvgIpc) is 3.18. The van der Waals surface area contributed by atoms with Crippen LogP contribution in [0.1, 0.15) is 44.6 Å². The molecule has 2 unspecified atom stereocenters. The summed E-state index contributed by atoms with van der Waals surface area (Å²) in [6.45, 7) is 2.58. The Hall–Kier alpha value is -1.36. The van der Waals surface area contributed by atoms with E-state index in [1.807, 2.05) is 17.4 Å². The molecule has 5 nitrogen and oxygen atoms in total. The molecule has 110 valence electrons. The third-order valence-corrected chi connectivity index (χ3v) is 4.40. The van der Waals surface area contributed by atoms with E-state index in [9.17, 15) is 4.79 Å². The third-order valence-electron chi connectivity index (χ3n) is 4.40. The average molecular weight is 277 g/mol. The minimum Gasteiger partial charge on any atom is -0.378 e. The number of rotatable bonds is 4. The van der Waals surface area contributed by atoms with E-state index in [1.54, 1.807) is 6.20 Å². The maximum Gasteiger partial charge on any atom is 0.222 e. The van der Waals surface area contributed by atoms with Gasteiger partial charge in [-0.25, -0.2) is 4.98 Å². The molecular formula is C15H23N3O2. The Morgan fingerprint density at radius 1 is 1.35 bits per heavy atom. The second-order valence-electron chi connectivity index (χ2n) is 5.82. The molecule has 1 aromatic rings. The van der Waals surface area contributed by atoms with E-state index in [2.05, 4.69) is 9.55 Å². The largest absolute Gasteiger partial charge is 0.378 e. The van der Waals surface area contributed by atoms with Crippen LogP contribution in [0.2, 0.25) is 0 Å². The second-order valence-corrected chi connectivity index (χ2v) is 5.82. The van der Waals surface area contributed by atoms with Crippen molar-refractivity contribution in [3.63, 3.8) is 0 Å². The van der Waals surface area contributed by atoms with E-state index < -0.39 is 0 Å². The molecule has 3 heterocycles. The normalized spacial score (nSPS) is 26.9. The van der Waals surface area contributed by atoms with Gasteiger partial charge in [-0.2, -0.15) is 0 Å². The van der Waals surface area contributed by atoms with Crippen LogP contribution < -0.4 is 0 Å². The van der Waals surface area contributed by atoms with Crippen LogP contribution in [0.5, 0.6) is 0 Å². The molecule has 20 heavy (non-hydrogen) atoms. The second kappa shape index (κ2) is 6.39. The van der Waals surface area contributed by atoms with Gasteiger partial charge in [0, 0.05) is 38.5 Å². The van der Waals surface area contributed by atoms with Crippen molar-refractivity contribution in [1.82, 2.24) is 14.5 Å². The Balaban J connectivity index is 1.49. The first-order valence-electron chi connectivity index (χ1n) is 7.70. The van der Waals surface area contributed by atoms with Crippen LogP contribution in [0.4, 0.5) is 0 Å². The molecule has 0 N–H and O–H groups in total. The zero-order valence-corrected chi connectivity index (χ0v) is 11.9. The summed E-state index contributed by atoms with van der Waals surface area (Å²) in [4.78, 5) is 18.4. The Bertz CT molecular complexity index is 426. The maximum atomic E-state index is 12.3. The van der Waals surface area contributed by atoms with Crippen LogP contribution in [-0.2, 0) is 9.53 Å². The van der Waals surface area contributed by atoms with E-state index in [-0.39, 0.29) is 5.91 Å². The molecule has 2 aliphatic heterocycles. The highest BCUT2D eigenvalue weighted by molar-refractivity contribution is 5.76. The first kappa shape index (κ1) is 13.6. The molecule has 0 bridgehead atoms. The summed E-state index contributed by atoms with van der Waals surface area (Å²) in [6, 6.07) is 0.387. The quantitative estimate of drug-likeness (QED) is 0.845. The summed E-state index contributed by atoms with van der Waals surface area (Å²) < 4.78 is 7.71. The van der Waals surface area contributed by atoms with Crippen molar-refractivity contribution in [2.45, 2.75) is 50.7 Å². The van der Waals surface area contributed by atoms with E-state index in [0.717, 1.165) is 51.8 Å². The van der Waals surface area contributed by atoms with Gasteiger partial charge in [0.15, 0.2) is 0 Å². The molecule has 2 aliphatic rings. The number of hydrogen-bond donors (Lipinski definition) is 0. The standard InChI is InChI=1S/C15H23N3O2/c19-15(6-5-14-4-2-10-20-14)17-8-1-3-13(11-17)18-9-7-16-12-18/h7,9,12-14H,1-6,8,10-11H2. The number of hydrogen-bond acceptors (Lipinski definition) is 3. The Morgan fingerprint density at radius 3 is 3.05 bits per heavy atom. The molecule has 0 aliphatic carbocycles. The number of piperidine rings is 1. The summed E-state index contributed by atoms with van der Waals surface area (Å²) in [5, 5.41) is 0. The topological polar surface area (TPSA) is 47.4 Å². The lowest BCUT2D eigenvalue weighted by Crippen LogP contribution is -2.40. The predicted octanol–water partition coefficient (Wildman–Crippen LogP) is 2.01. The van der Waals surface area contributed by atoms with Gasteiger partial charge in [0.2, 0.25) is 5.91 Å². The highest BCUT2D eigenvalue weighted by Gasteiger charge is 2.25. The number of imidazole rings is 1. The van der Waals surface area contributed by atoms with Crippen molar-refractivity contribution >= 4 is 5.91 Å². The lowest BCUT2D eigenvalue weighted by atomic mass is 10.0. The minimum absolute atomic E-state index is 0.283. The molecule has 1 aromatic heterocycles. The van der Waals surface area contributed by atoms with Crippen LogP contribution in [-0.4, -0.2) is 46.2 Å². The van der Waals surface area contributed by atoms with Crippen molar-refractivity contribution in [2.75, 3.05) is 19.7 Å². The van der Waals surface area contributed by atoms with Crippen molar-refractivity contribution < 1.29 is 9.53 Å². The van der Waals surface area contributed by atoms with Gasteiger partial charge in [0.1, 0.15) is 0 Å². The molecular weight excluding hydrogens is 254 g/mol. The smallest absolute Gasteiger partial charge is 0.222 e. The SMILES string of the molecule is O=C(CCC1CCCO1)N1CCCC(n2ccnc2)C1. The van der Waals surface area contributed by atoms with Crippen molar-refractivity contribution in [2.24, 2.45) is 0 Å². The van der Waals surface area contributed by atoms with E-state index in [0.29, 0.717) is 18.6 Å². The zero-order valence-electron chi connectivity index (χ0n) is 11.9. The van der Waals surface area contributed by atoms with Gasteiger partial charge in [0.05, 0.1) is 18.5 Å². The number of aromatic nitrogens is 2. The van der Waals surface area contributed by atoms with Gasteiger partial charge < -0.3 is 14.2 Å². The van der Waals surface area contributed by atoms with Crippen molar-refractivity contribution in [3.05, 3.63) is 18.7 Å². The van der Waals surface area contributed by atoms with Gasteiger partial charge in [-0.05, 0) is 32.1 Å². The van der Waals surface area contributed by atoms with Crippen LogP contribution in [0.25, 0.3) is 0 Å². The molecule has 2 fully saturated rings. The number of likely N-dealkylation sites (tertiary alicyclic amines) is 1.